The van der Waals surface area contributed by atoms with Crippen LogP contribution in [0.4, 0.5) is 0 Å². The van der Waals surface area contributed by atoms with E-state index < -0.39 is 0 Å². The zero-order chi connectivity index (χ0) is 11.6. The number of carbonyl (C=O) groups excluding carboxylic acids is 1. The number of benzene rings is 1. The van der Waals surface area contributed by atoms with E-state index in [2.05, 4.69) is 4.74 Å². The predicted octanol–water partition coefficient (Wildman–Crippen LogP) is 2.55. The van der Waals surface area contributed by atoms with Crippen molar-refractivity contribution >= 4 is 5.97 Å². The molecule has 0 spiro atoms. The summed E-state index contributed by atoms with van der Waals surface area (Å²) in [6, 6.07) is 10.1. The normalized spacial score (nSPS) is 10.1. The van der Waals surface area contributed by atoms with Crippen molar-refractivity contribution in [2.24, 2.45) is 0 Å². The lowest BCUT2D eigenvalue weighted by molar-refractivity contribution is -0.140. The summed E-state index contributed by atoms with van der Waals surface area (Å²) in [7, 11) is 1.41. The van der Waals surface area contributed by atoms with Crippen LogP contribution in [-0.2, 0) is 20.9 Å². The molecule has 0 fully saturated rings. The Balaban J connectivity index is 1.98. The number of ether oxygens (including phenoxy) is 2. The molecule has 16 heavy (non-hydrogen) atoms. The molecule has 1 aromatic carbocycles. The summed E-state index contributed by atoms with van der Waals surface area (Å²) in [4.78, 5) is 10.8. The number of unbranched alkanes of at least 4 members (excludes halogenated alkanes) is 1. The van der Waals surface area contributed by atoms with Gasteiger partial charge in [-0.2, -0.15) is 0 Å². The standard InChI is InChI=1S/C13H18O3/c1-15-13(14)9-5-6-10-16-11-12-7-3-2-4-8-12/h2-4,7-8H,5-6,9-11H2,1H3. The van der Waals surface area contributed by atoms with Crippen molar-refractivity contribution < 1.29 is 14.3 Å². The summed E-state index contributed by atoms with van der Waals surface area (Å²) >= 11 is 0. The van der Waals surface area contributed by atoms with Gasteiger partial charge in [0, 0.05) is 13.0 Å². The van der Waals surface area contributed by atoms with Gasteiger partial charge in [-0.1, -0.05) is 30.3 Å². The fourth-order valence-corrected chi connectivity index (χ4v) is 1.34. The molecule has 0 unspecified atom stereocenters. The fraction of sp³-hybridized carbons (Fsp3) is 0.462. The second-order valence-corrected chi connectivity index (χ2v) is 3.57. The van der Waals surface area contributed by atoms with E-state index in [1.54, 1.807) is 0 Å². The first-order chi connectivity index (χ1) is 7.83. The molecule has 0 aliphatic carbocycles. The summed E-state index contributed by atoms with van der Waals surface area (Å²) < 4.78 is 10.0. The van der Waals surface area contributed by atoms with Gasteiger partial charge in [0.2, 0.25) is 0 Å². The smallest absolute Gasteiger partial charge is 0.305 e. The van der Waals surface area contributed by atoms with Crippen LogP contribution in [0.1, 0.15) is 24.8 Å². The maximum atomic E-state index is 10.8. The van der Waals surface area contributed by atoms with Crippen LogP contribution in [0.5, 0.6) is 0 Å². The number of hydrogen-bond acceptors (Lipinski definition) is 3. The van der Waals surface area contributed by atoms with Gasteiger partial charge in [0.15, 0.2) is 0 Å². The number of methoxy groups -OCH3 is 1. The second kappa shape index (κ2) is 7.88. The molecule has 0 N–H and O–H groups in total. The van der Waals surface area contributed by atoms with E-state index in [9.17, 15) is 4.79 Å². The average Bonchev–Trinajstić information content (AvgIpc) is 2.34. The molecule has 0 aromatic heterocycles. The van der Waals surface area contributed by atoms with Gasteiger partial charge in [-0.25, -0.2) is 0 Å². The summed E-state index contributed by atoms with van der Waals surface area (Å²) in [5.41, 5.74) is 1.18. The highest BCUT2D eigenvalue weighted by Gasteiger charge is 1.99. The zero-order valence-electron chi connectivity index (χ0n) is 9.65. The number of hydrogen-bond donors (Lipinski definition) is 0. The lowest BCUT2D eigenvalue weighted by Crippen LogP contribution is -2.01. The van der Waals surface area contributed by atoms with Crippen molar-refractivity contribution in [3.05, 3.63) is 35.9 Å². The third-order valence-corrected chi connectivity index (χ3v) is 2.26. The Labute approximate surface area is 96.4 Å². The summed E-state index contributed by atoms with van der Waals surface area (Å²) in [6.45, 7) is 1.32. The number of carbonyl (C=O) groups is 1. The van der Waals surface area contributed by atoms with Crippen molar-refractivity contribution in [3.63, 3.8) is 0 Å². The SMILES string of the molecule is COC(=O)CCCCOCc1ccccc1. The zero-order valence-corrected chi connectivity index (χ0v) is 9.65. The van der Waals surface area contributed by atoms with Crippen molar-refractivity contribution in [1.29, 1.82) is 0 Å². The van der Waals surface area contributed by atoms with Crippen LogP contribution < -0.4 is 0 Å². The second-order valence-electron chi connectivity index (χ2n) is 3.57. The van der Waals surface area contributed by atoms with Gasteiger partial charge < -0.3 is 9.47 Å². The van der Waals surface area contributed by atoms with Gasteiger partial charge in [-0.3, -0.25) is 4.79 Å². The van der Waals surface area contributed by atoms with Crippen LogP contribution in [0.3, 0.4) is 0 Å². The first-order valence-electron chi connectivity index (χ1n) is 5.51. The molecule has 3 nitrogen and oxygen atoms in total. The molecule has 0 aliphatic rings. The first kappa shape index (κ1) is 12.7. The average molecular weight is 222 g/mol. The van der Waals surface area contributed by atoms with Crippen LogP contribution in [-0.4, -0.2) is 19.7 Å². The quantitative estimate of drug-likeness (QED) is 0.525. The number of rotatable bonds is 7. The third kappa shape index (κ3) is 5.51. The number of esters is 1. The van der Waals surface area contributed by atoms with Crippen LogP contribution >= 0.6 is 0 Å². The minimum Gasteiger partial charge on any atom is -0.469 e. The van der Waals surface area contributed by atoms with Crippen molar-refractivity contribution in [2.45, 2.75) is 25.9 Å². The molecule has 1 rings (SSSR count). The van der Waals surface area contributed by atoms with E-state index >= 15 is 0 Å². The van der Waals surface area contributed by atoms with Crippen molar-refractivity contribution in [1.82, 2.24) is 0 Å². The van der Waals surface area contributed by atoms with Crippen molar-refractivity contribution in [3.8, 4) is 0 Å². The Morgan fingerprint density at radius 2 is 1.94 bits per heavy atom. The molecule has 0 atom stereocenters. The van der Waals surface area contributed by atoms with Gasteiger partial charge >= 0.3 is 5.97 Å². The molecule has 0 saturated carbocycles. The summed E-state index contributed by atoms with van der Waals surface area (Å²) in [5.74, 6) is -0.150. The highest BCUT2D eigenvalue weighted by molar-refractivity contribution is 5.68. The Morgan fingerprint density at radius 1 is 1.19 bits per heavy atom. The van der Waals surface area contributed by atoms with E-state index in [0.29, 0.717) is 19.6 Å². The van der Waals surface area contributed by atoms with E-state index in [0.717, 1.165) is 12.8 Å². The molecule has 0 aliphatic heterocycles. The maximum Gasteiger partial charge on any atom is 0.305 e. The molecule has 3 heteroatoms. The highest BCUT2D eigenvalue weighted by atomic mass is 16.5. The van der Waals surface area contributed by atoms with E-state index in [4.69, 9.17) is 4.74 Å². The summed E-state index contributed by atoms with van der Waals surface area (Å²) in [6.07, 6.45) is 2.19. The maximum absolute atomic E-state index is 10.8. The molecule has 0 heterocycles. The molecule has 0 saturated heterocycles. The third-order valence-electron chi connectivity index (χ3n) is 2.26. The molecule has 1 aromatic rings. The largest absolute Gasteiger partial charge is 0.469 e. The fourth-order valence-electron chi connectivity index (χ4n) is 1.34. The minimum atomic E-state index is -0.150. The van der Waals surface area contributed by atoms with Crippen molar-refractivity contribution in [2.75, 3.05) is 13.7 Å². The topological polar surface area (TPSA) is 35.5 Å². The minimum absolute atomic E-state index is 0.150. The van der Waals surface area contributed by atoms with Crippen LogP contribution in [0.15, 0.2) is 30.3 Å². The van der Waals surface area contributed by atoms with E-state index in [1.807, 2.05) is 30.3 Å². The lowest BCUT2D eigenvalue weighted by atomic mass is 10.2. The molecule has 0 radical (unpaired) electrons. The Bertz CT molecular complexity index is 295. The van der Waals surface area contributed by atoms with Gasteiger partial charge in [0.25, 0.3) is 0 Å². The van der Waals surface area contributed by atoms with Gasteiger partial charge in [0.1, 0.15) is 0 Å². The van der Waals surface area contributed by atoms with E-state index in [-0.39, 0.29) is 5.97 Å². The van der Waals surface area contributed by atoms with Gasteiger partial charge in [0.05, 0.1) is 13.7 Å². The summed E-state index contributed by atoms with van der Waals surface area (Å²) in [5, 5.41) is 0. The molecule has 0 amide bonds. The van der Waals surface area contributed by atoms with Crippen LogP contribution in [0.2, 0.25) is 0 Å². The molecule has 0 bridgehead atoms. The molecule has 88 valence electrons. The Morgan fingerprint density at radius 3 is 2.62 bits per heavy atom. The predicted molar refractivity (Wildman–Crippen MR) is 62.0 cm³/mol. The lowest BCUT2D eigenvalue weighted by Gasteiger charge is -2.03. The van der Waals surface area contributed by atoms with E-state index in [1.165, 1.54) is 12.7 Å². The monoisotopic (exact) mass is 222 g/mol. The van der Waals surface area contributed by atoms with Gasteiger partial charge in [-0.05, 0) is 18.4 Å². The Kier molecular flexibility index (Phi) is 6.26. The van der Waals surface area contributed by atoms with Crippen LogP contribution in [0.25, 0.3) is 0 Å². The highest BCUT2D eigenvalue weighted by Crippen LogP contribution is 2.02. The van der Waals surface area contributed by atoms with Gasteiger partial charge in [-0.15, -0.1) is 0 Å². The molecular weight excluding hydrogens is 204 g/mol. The first-order valence-corrected chi connectivity index (χ1v) is 5.51. The van der Waals surface area contributed by atoms with Crippen LogP contribution in [0, 0.1) is 0 Å². The molecular formula is C13H18O3. The Hall–Kier alpha value is -1.35.